The second-order valence-corrected chi connectivity index (χ2v) is 5.95. The van der Waals surface area contributed by atoms with Crippen molar-refractivity contribution in [1.82, 2.24) is 15.6 Å². The predicted molar refractivity (Wildman–Crippen MR) is 111 cm³/mol. The van der Waals surface area contributed by atoms with Crippen molar-refractivity contribution in [2.75, 3.05) is 33.4 Å². The Labute approximate surface area is 167 Å². The van der Waals surface area contributed by atoms with Crippen LogP contribution in [0.3, 0.4) is 0 Å². The number of nitrogens with one attached hydrogen (secondary N) is 2. The Morgan fingerprint density at radius 3 is 2.57 bits per heavy atom. The Kier molecular flexibility index (Phi) is 9.65. The maximum atomic E-state index is 5.85. The molecule has 0 unspecified atom stereocenters. The third kappa shape index (κ3) is 7.44. The first-order valence-corrected chi connectivity index (χ1v) is 9.62. The van der Waals surface area contributed by atoms with Gasteiger partial charge in [0, 0.05) is 39.1 Å². The first-order chi connectivity index (χ1) is 13.8. The SMILES string of the molecule is CCNC(=NCc1ccc(Oc2ccccc2OCC)nc1)NCCCOC. The Hall–Kier alpha value is -2.80. The predicted octanol–water partition coefficient (Wildman–Crippen LogP) is 3.36. The molecular formula is C21H30N4O3. The van der Waals surface area contributed by atoms with E-state index in [4.69, 9.17) is 14.2 Å². The molecule has 0 radical (unpaired) electrons. The third-order valence-electron chi connectivity index (χ3n) is 3.74. The summed E-state index contributed by atoms with van der Waals surface area (Å²) in [5.74, 6) is 2.65. The minimum Gasteiger partial charge on any atom is -0.490 e. The van der Waals surface area contributed by atoms with E-state index in [1.165, 1.54) is 0 Å². The van der Waals surface area contributed by atoms with Crippen molar-refractivity contribution in [3.63, 3.8) is 0 Å². The first-order valence-electron chi connectivity index (χ1n) is 9.62. The smallest absolute Gasteiger partial charge is 0.219 e. The molecule has 0 saturated carbocycles. The summed E-state index contributed by atoms with van der Waals surface area (Å²) < 4.78 is 16.5. The second kappa shape index (κ2) is 12.6. The summed E-state index contributed by atoms with van der Waals surface area (Å²) in [5, 5.41) is 6.52. The number of para-hydroxylation sites is 2. The van der Waals surface area contributed by atoms with Crippen LogP contribution in [0.25, 0.3) is 0 Å². The number of benzene rings is 1. The minimum atomic E-state index is 0.518. The van der Waals surface area contributed by atoms with Crippen LogP contribution in [0.1, 0.15) is 25.8 Å². The van der Waals surface area contributed by atoms with E-state index in [9.17, 15) is 0 Å². The number of nitrogens with zero attached hydrogens (tertiary/aromatic N) is 2. The molecule has 0 fully saturated rings. The van der Waals surface area contributed by atoms with Gasteiger partial charge in [0.25, 0.3) is 0 Å². The topological polar surface area (TPSA) is 77.0 Å². The van der Waals surface area contributed by atoms with Gasteiger partial charge in [0.2, 0.25) is 5.88 Å². The van der Waals surface area contributed by atoms with Crippen LogP contribution in [-0.4, -0.2) is 44.4 Å². The molecule has 2 rings (SSSR count). The van der Waals surface area contributed by atoms with Gasteiger partial charge in [-0.25, -0.2) is 9.98 Å². The lowest BCUT2D eigenvalue weighted by molar-refractivity contribution is 0.195. The van der Waals surface area contributed by atoms with Gasteiger partial charge in [-0.1, -0.05) is 18.2 Å². The van der Waals surface area contributed by atoms with Crippen molar-refractivity contribution in [3.05, 3.63) is 48.2 Å². The molecule has 2 aromatic rings. The zero-order valence-corrected chi connectivity index (χ0v) is 16.9. The van der Waals surface area contributed by atoms with E-state index >= 15 is 0 Å². The van der Waals surface area contributed by atoms with Crippen molar-refractivity contribution in [1.29, 1.82) is 0 Å². The van der Waals surface area contributed by atoms with Crippen molar-refractivity contribution in [2.24, 2.45) is 4.99 Å². The highest BCUT2D eigenvalue weighted by atomic mass is 16.5. The lowest BCUT2D eigenvalue weighted by atomic mass is 10.3. The summed E-state index contributed by atoms with van der Waals surface area (Å²) >= 11 is 0. The highest BCUT2D eigenvalue weighted by Crippen LogP contribution is 2.30. The fourth-order valence-corrected chi connectivity index (χ4v) is 2.42. The zero-order chi connectivity index (χ0) is 20.0. The summed E-state index contributed by atoms with van der Waals surface area (Å²) in [6.45, 7) is 7.44. The molecule has 0 aliphatic heterocycles. The van der Waals surface area contributed by atoms with E-state index in [0.717, 1.165) is 37.6 Å². The first kappa shape index (κ1) is 21.5. The molecule has 0 spiro atoms. The molecule has 0 atom stereocenters. The van der Waals surface area contributed by atoms with E-state index < -0.39 is 0 Å². The fraction of sp³-hybridized carbons (Fsp3) is 0.429. The lowest BCUT2D eigenvalue weighted by Crippen LogP contribution is -2.38. The highest BCUT2D eigenvalue weighted by Gasteiger charge is 2.06. The number of aliphatic imine (C=N–C) groups is 1. The van der Waals surface area contributed by atoms with Gasteiger partial charge in [-0.15, -0.1) is 0 Å². The molecule has 2 N–H and O–H groups in total. The summed E-state index contributed by atoms with van der Waals surface area (Å²) in [6, 6.07) is 11.4. The molecule has 0 aliphatic rings. The summed E-state index contributed by atoms with van der Waals surface area (Å²) in [6.07, 6.45) is 2.70. The van der Waals surface area contributed by atoms with E-state index in [0.29, 0.717) is 30.5 Å². The molecule has 0 amide bonds. The average Bonchev–Trinajstić information content (AvgIpc) is 2.72. The van der Waals surface area contributed by atoms with Crippen molar-refractivity contribution >= 4 is 5.96 Å². The number of pyridine rings is 1. The molecule has 1 aromatic heterocycles. The van der Waals surface area contributed by atoms with Gasteiger partial charge in [0.1, 0.15) is 0 Å². The van der Waals surface area contributed by atoms with Gasteiger partial charge in [-0.2, -0.15) is 0 Å². The van der Waals surface area contributed by atoms with Crippen molar-refractivity contribution < 1.29 is 14.2 Å². The standard InChI is InChI=1S/C21H30N4O3/c1-4-22-21(23-13-8-14-26-3)25-16-17-11-12-20(24-15-17)28-19-10-7-6-9-18(19)27-5-2/h6-7,9-12,15H,4-5,8,13-14,16H2,1-3H3,(H2,22,23,25). The van der Waals surface area contributed by atoms with Crippen LogP contribution in [0, 0.1) is 0 Å². The van der Waals surface area contributed by atoms with Crippen LogP contribution >= 0.6 is 0 Å². The Morgan fingerprint density at radius 2 is 1.89 bits per heavy atom. The van der Waals surface area contributed by atoms with E-state index in [-0.39, 0.29) is 0 Å². The molecule has 7 nitrogen and oxygen atoms in total. The maximum Gasteiger partial charge on any atom is 0.219 e. The lowest BCUT2D eigenvalue weighted by Gasteiger charge is -2.11. The number of ether oxygens (including phenoxy) is 3. The van der Waals surface area contributed by atoms with Gasteiger partial charge < -0.3 is 24.8 Å². The van der Waals surface area contributed by atoms with E-state index in [1.807, 2.05) is 50.2 Å². The van der Waals surface area contributed by atoms with Crippen LogP contribution < -0.4 is 20.1 Å². The van der Waals surface area contributed by atoms with Gasteiger partial charge in [0.15, 0.2) is 17.5 Å². The van der Waals surface area contributed by atoms with Crippen LogP contribution in [0.15, 0.2) is 47.6 Å². The highest BCUT2D eigenvalue weighted by molar-refractivity contribution is 5.79. The van der Waals surface area contributed by atoms with Crippen LogP contribution in [-0.2, 0) is 11.3 Å². The number of methoxy groups -OCH3 is 1. The number of aromatic nitrogens is 1. The second-order valence-electron chi connectivity index (χ2n) is 5.95. The van der Waals surface area contributed by atoms with E-state index in [1.54, 1.807) is 13.3 Å². The summed E-state index contributed by atoms with van der Waals surface area (Å²) in [4.78, 5) is 8.97. The zero-order valence-electron chi connectivity index (χ0n) is 16.9. The molecule has 1 aromatic carbocycles. The molecule has 152 valence electrons. The fourth-order valence-electron chi connectivity index (χ4n) is 2.42. The minimum absolute atomic E-state index is 0.518. The molecule has 0 bridgehead atoms. The molecule has 1 heterocycles. The Morgan fingerprint density at radius 1 is 1.07 bits per heavy atom. The number of hydrogen-bond acceptors (Lipinski definition) is 5. The van der Waals surface area contributed by atoms with Crippen molar-refractivity contribution in [3.8, 4) is 17.4 Å². The summed E-state index contributed by atoms with van der Waals surface area (Å²) in [7, 11) is 1.70. The molecule has 0 saturated heterocycles. The van der Waals surface area contributed by atoms with Crippen LogP contribution in [0.2, 0.25) is 0 Å². The monoisotopic (exact) mass is 386 g/mol. The number of rotatable bonds is 11. The molecule has 7 heteroatoms. The largest absolute Gasteiger partial charge is 0.490 e. The normalized spacial score (nSPS) is 11.2. The Balaban J connectivity index is 1.94. The third-order valence-corrected chi connectivity index (χ3v) is 3.74. The Bertz CT molecular complexity index is 720. The van der Waals surface area contributed by atoms with Gasteiger partial charge in [0.05, 0.1) is 13.2 Å². The van der Waals surface area contributed by atoms with Gasteiger partial charge in [-0.3, -0.25) is 0 Å². The van der Waals surface area contributed by atoms with Crippen LogP contribution in [0.4, 0.5) is 0 Å². The quantitative estimate of drug-likeness (QED) is 0.350. The molecule has 0 aliphatic carbocycles. The molecule has 28 heavy (non-hydrogen) atoms. The van der Waals surface area contributed by atoms with Gasteiger partial charge >= 0.3 is 0 Å². The number of guanidine groups is 1. The van der Waals surface area contributed by atoms with Gasteiger partial charge in [-0.05, 0) is 38.0 Å². The summed E-state index contributed by atoms with van der Waals surface area (Å²) in [5.41, 5.74) is 1.000. The van der Waals surface area contributed by atoms with Crippen LogP contribution in [0.5, 0.6) is 17.4 Å². The molecular weight excluding hydrogens is 356 g/mol. The number of hydrogen-bond donors (Lipinski definition) is 2. The maximum absolute atomic E-state index is 5.85. The van der Waals surface area contributed by atoms with Crippen molar-refractivity contribution in [2.45, 2.75) is 26.8 Å². The van der Waals surface area contributed by atoms with E-state index in [2.05, 4.69) is 20.6 Å². The average molecular weight is 386 g/mol.